The first-order chi connectivity index (χ1) is 8.56. The number of rotatable bonds is 3. The van der Waals surface area contributed by atoms with Crippen molar-refractivity contribution in [3.63, 3.8) is 0 Å². The number of nitrogens with zero attached hydrogens (tertiary/aromatic N) is 2. The first kappa shape index (κ1) is 13.6. The van der Waals surface area contributed by atoms with Gasteiger partial charge in [0, 0.05) is 26.2 Å². The Balaban J connectivity index is 1.76. The minimum atomic E-state index is 0.0820. The van der Waals surface area contributed by atoms with E-state index in [0.717, 1.165) is 39.1 Å². The molecule has 5 nitrogen and oxygen atoms in total. The molecule has 0 radical (unpaired) electrons. The van der Waals surface area contributed by atoms with Crippen LogP contribution in [-0.2, 0) is 4.74 Å². The molecule has 5 heteroatoms. The van der Waals surface area contributed by atoms with E-state index in [1.54, 1.807) is 0 Å². The molecular weight excluding hydrogens is 230 g/mol. The van der Waals surface area contributed by atoms with E-state index in [2.05, 4.69) is 24.3 Å². The van der Waals surface area contributed by atoms with Crippen LogP contribution in [0.2, 0.25) is 0 Å². The minimum Gasteiger partial charge on any atom is -0.376 e. The number of likely N-dealkylation sites (tertiary alicyclic amines) is 1. The molecule has 3 unspecified atom stereocenters. The predicted molar refractivity (Wildman–Crippen MR) is 70.6 cm³/mol. The molecule has 0 aromatic rings. The second-order valence-corrected chi connectivity index (χ2v) is 5.78. The molecule has 2 aliphatic rings. The molecule has 2 saturated heterocycles. The summed E-state index contributed by atoms with van der Waals surface area (Å²) in [7, 11) is 4.17. The topological polar surface area (TPSA) is 44.8 Å². The normalized spacial score (nSPS) is 32.2. The molecule has 0 aromatic heterocycles. The van der Waals surface area contributed by atoms with Crippen molar-refractivity contribution in [3.8, 4) is 0 Å². The lowest BCUT2D eigenvalue weighted by Gasteiger charge is -2.22. The number of hydrogen-bond donors (Lipinski definition) is 1. The molecule has 0 aromatic carbocycles. The Morgan fingerprint density at radius 2 is 2.22 bits per heavy atom. The molecule has 1 N–H and O–H groups in total. The third-order valence-corrected chi connectivity index (χ3v) is 3.88. The van der Waals surface area contributed by atoms with Gasteiger partial charge in [0.1, 0.15) is 0 Å². The summed E-state index contributed by atoms with van der Waals surface area (Å²) >= 11 is 0. The average Bonchev–Trinajstić information content (AvgIpc) is 2.88. The third kappa shape index (κ3) is 3.36. The molecule has 18 heavy (non-hydrogen) atoms. The number of hydrogen-bond acceptors (Lipinski definition) is 3. The van der Waals surface area contributed by atoms with Gasteiger partial charge in [-0.3, -0.25) is 0 Å². The van der Waals surface area contributed by atoms with E-state index in [4.69, 9.17) is 4.74 Å². The van der Waals surface area contributed by atoms with Crippen molar-refractivity contribution in [1.82, 2.24) is 15.1 Å². The van der Waals surface area contributed by atoms with E-state index < -0.39 is 0 Å². The van der Waals surface area contributed by atoms with Crippen molar-refractivity contribution in [3.05, 3.63) is 0 Å². The standard InChI is InChI=1S/C13H25N3O2/c1-10-12(5-7-18-10)14-13(17)16-6-4-11(9-16)8-15(2)3/h10-12H,4-9H2,1-3H3,(H,14,17). The maximum Gasteiger partial charge on any atom is 0.317 e. The monoisotopic (exact) mass is 255 g/mol. The van der Waals surface area contributed by atoms with Gasteiger partial charge in [-0.25, -0.2) is 4.79 Å². The molecule has 2 amide bonds. The average molecular weight is 255 g/mol. The quantitative estimate of drug-likeness (QED) is 0.809. The van der Waals surface area contributed by atoms with Crippen LogP contribution in [-0.4, -0.2) is 68.3 Å². The summed E-state index contributed by atoms with van der Waals surface area (Å²) in [6.45, 7) is 5.61. The summed E-state index contributed by atoms with van der Waals surface area (Å²) in [6.07, 6.45) is 2.19. The van der Waals surface area contributed by atoms with Gasteiger partial charge in [-0.1, -0.05) is 0 Å². The van der Waals surface area contributed by atoms with Crippen LogP contribution in [0.15, 0.2) is 0 Å². The van der Waals surface area contributed by atoms with Gasteiger partial charge < -0.3 is 19.9 Å². The number of nitrogens with one attached hydrogen (secondary N) is 1. The van der Waals surface area contributed by atoms with Crippen LogP contribution in [0.3, 0.4) is 0 Å². The summed E-state index contributed by atoms with van der Waals surface area (Å²) in [4.78, 5) is 16.3. The van der Waals surface area contributed by atoms with Crippen molar-refractivity contribution in [2.45, 2.75) is 31.9 Å². The molecule has 2 heterocycles. The fraction of sp³-hybridized carbons (Fsp3) is 0.923. The lowest BCUT2D eigenvalue weighted by Crippen LogP contribution is -2.46. The Bertz CT molecular complexity index is 296. The Morgan fingerprint density at radius 3 is 2.83 bits per heavy atom. The zero-order chi connectivity index (χ0) is 13.1. The van der Waals surface area contributed by atoms with Gasteiger partial charge in [0.25, 0.3) is 0 Å². The smallest absolute Gasteiger partial charge is 0.317 e. The highest BCUT2D eigenvalue weighted by Crippen LogP contribution is 2.18. The number of ether oxygens (including phenoxy) is 1. The van der Waals surface area contributed by atoms with Gasteiger partial charge in [-0.15, -0.1) is 0 Å². The summed E-state index contributed by atoms with van der Waals surface area (Å²) < 4.78 is 5.46. The first-order valence-electron chi connectivity index (χ1n) is 6.88. The summed E-state index contributed by atoms with van der Waals surface area (Å²) in [5, 5.41) is 3.09. The zero-order valence-corrected chi connectivity index (χ0v) is 11.7. The van der Waals surface area contributed by atoms with Crippen LogP contribution in [0, 0.1) is 5.92 Å². The van der Waals surface area contributed by atoms with Crippen LogP contribution in [0.1, 0.15) is 19.8 Å². The maximum absolute atomic E-state index is 12.1. The molecule has 2 rings (SSSR count). The SMILES string of the molecule is CC1OCCC1NC(=O)N1CCC(CN(C)C)C1. The van der Waals surface area contributed by atoms with Gasteiger partial charge in [-0.2, -0.15) is 0 Å². The van der Waals surface area contributed by atoms with E-state index in [1.807, 2.05) is 11.8 Å². The lowest BCUT2D eigenvalue weighted by molar-refractivity contribution is 0.112. The van der Waals surface area contributed by atoms with E-state index in [9.17, 15) is 4.79 Å². The summed E-state index contributed by atoms with van der Waals surface area (Å²) in [6, 6.07) is 0.268. The number of urea groups is 1. The maximum atomic E-state index is 12.1. The fourth-order valence-electron chi connectivity index (χ4n) is 2.85. The zero-order valence-electron chi connectivity index (χ0n) is 11.7. The number of carbonyl (C=O) groups excluding carboxylic acids is 1. The lowest BCUT2D eigenvalue weighted by atomic mass is 10.1. The van der Waals surface area contributed by atoms with Crippen LogP contribution in [0.25, 0.3) is 0 Å². The van der Waals surface area contributed by atoms with Crippen LogP contribution in [0.5, 0.6) is 0 Å². The Morgan fingerprint density at radius 1 is 1.44 bits per heavy atom. The Kier molecular flexibility index (Phi) is 4.45. The van der Waals surface area contributed by atoms with Gasteiger partial charge in [0.15, 0.2) is 0 Å². The molecule has 0 bridgehead atoms. The van der Waals surface area contributed by atoms with Crippen LogP contribution >= 0.6 is 0 Å². The van der Waals surface area contributed by atoms with Crippen molar-refractivity contribution >= 4 is 6.03 Å². The summed E-state index contributed by atoms with van der Waals surface area (Å²) in [5.74, 6) is 0.614. The van der Waals surface area contributed by atoms with E-state index in [1.165, 1.54) is 0 Å². The molecule has 0 spiro atoms. The second kappa shape index (κ2) is 5.89. The van der Waals surface area contributed by atoms with E-state index in [-0.39, 0.29) is 18.2 Å². The highest BCUT2D eigenvalue weighted by molar-refractivity contribution is 5.74. The largest absolute Gasteiger partial charge is 0.376 e. The van der Waals surface area contributed by atoms with Crippen LogP contribution < -0.4 is 5.32 Å². The van der Waals surface area contributed by atoms with Gasteiger partial charge in [0.05, 0.1) is 12.1 Å². The molecule has 0 saturated carbocycles. The third-order valence-electron chi connectivity index (χ3n) is 3.88. The molecule has 2 fully saturated rings. The Labute approximate surface area is 109 Å². The van der Waals surface area contributed by atoms with Crippen LogP contribution in [0.4, 0.5) is 4.79 Å². The first-order valence-corrected chi connectivity index (χ1v) is 6.88. The van der Waals surface area contributed by atoms with Crippen molar-refractivity contribution in [2.75, 3.05) is 40.3 Å². The van der Waals surface area contributed by atoms with Crippen molar-refractivity contribution in [2.24, 2.45) is 5.92 Å². The van der Waals surface area contributed by atoms with Gasteiger partial charge in [-0.05, 0) is 39.8 Å². The highest BCUT2D eigenvalue weighted by Gasteiger charge is 2.30. The predicted octanol–water partition coefficient (Wildman–Crippen LogP) is 0.757. The second-order valence-electron chi connectivity index (χ2n) is 5.78. The fourth-order valence-corrected chi connectivity index (χ4v) is 2.85. The summed E-state index contributed by atoms with van der Waals surface area (Å²) in [5.41, 5.74) is 0. The molecule has 0 aliphatic carbocycles. The molecule has 2 aliphatic heterocycles. The van der Waals surface area contributed by atoms with Gasteiger partial charge in [0.2, 0.25) is 0 Å². The minimum absolute atomic E-state index is 0.0820. The van der Waals surface area contributed by atoms with Gasteiger partial charge >= 0.3 is 6.03 Å². The highest BCUT2D eigenvalue weighted by atomic mass is 16.5. The number of amides is 2. The van der Waals surface area contributed by atoms with Crippen molar-refractivity contribution in [1.29, 1.82) is 0 Å². The van der Waals surface area contributed by atoms with E-state index in [0.29, 0.717) is 5.92 Å². The van der Waals surface area contributed by atoms with E-state index >= 15 is 0 Å². The number of carbonyl (C=O) groups is 1. The Hall–Kier alpha value is -0.810. The molecule has 3 atom stereocenters. The van der Waals surface area contributed by atoms with Crippen molar-refractivity contribution < 1.29 is 9.53 Å². The molecular formula is C13H25N3O2. The molecule has 104 valence electrons.